The molecule has 3 rings (SSSR count). The first-order valence-electron chi connectivity index (χ1n) is 12.1. The van der Waals surface area contributed by atoms with Crippen molar-refractivity contribution in [1.82, 2.24) is 0 Å². The summed E-state index contributed by atoms with van der Waals surface area (Å²) in [7, 11) is 0. The highest BCUT2D eigenvalue weighted by atomic mass is 16.6. The Morgan fingerprint density at radius 2 is 1.64 bits per heavy atom. The summed E-state index contributed by atoms with van der Waals surface area (Å²) in [5.74, 6) is -4.68. The van der Waals surface area contributed by atoms with Gasteiger partial charge in [0.25, 0.3) is 0 Å². The van der Waals surface area contributed by atoms with Crippen molar-refractivity contribution >= 4 is 23.9 Å². The van der Waals surface area contributed by atoms with Gasteiger partial charge in [0.05, 0.1) is 17.4 Å². The molecule has 1 aliphatic heterocycles. The minimum atomic E-state index is -2.06. The third kappa shape index (κ3) is 4.68. The summed E-state index contributed by atoms with van der Waals surface area (Å²) < 4.78 is 22.7. The van der Waals surface area contributed by atoms with Gasteiger partial charge in [-0.2, -0.15) is 0 Å². The third-order valence-corrected chi connectivity index (χ3v) is 8.02. The molecule has 0 unspecified atom stereocenters. The van der Waals surface area contributed by atoms with E-state index in [-0.39, 0.29) is 6.42 Å². The maximum atomic E-state index is 12.7. The summed E-state index contributed by atoms with van der Waals surface area (Å²) >= 11 is 0. The molecule has 3 aliphatic rings. The molecular weight excluding hydrogens is 472 g/mol. The van der Waals surface area contributed by atoms with Crippen LogP contribution in [0, 0.1) is 17.3 Å². The smallest absolute Gasteiger partial charge is 0.312 e. The van der Waals surface area contributed by atoms with Crippen molar-refractivity contribution in [2.45, 2.75) is 96.9 Å². The number of aliphatic hydroxyl groups is 2. The van der Waals surface area contributed by atoms with Crippen molar-refractivity contribution in [1.29, 1.82) is 0 Å². The van der Waals surface area contributed by atoms with Crippen LogP contribution in [-0.4, -0.2) is 70.2 Å². The summed E-state index contributed by atoms with van der Waals surface area (Å²) in [6.45, 7) is 12.6. The van der Waals surface area contributed by atoms with E-state index >= 15 is 0 Å². The van der Waals surface area contributed by atoms with Gasteiger partial charge in [0.1, 0.15) is 18.3 Å². The number of ether oxygens (including phenoxy) is 4. The van der Waals surface area contributed by atoms with Crippen molar-refractivity contribution in [2.24, 2.45) is 17.3 Å². The second-order valence-electron chi connectivity index (χ2n) is 10.4. The number of rotatable bonds is 3. The molecule has 0 spiro atoms. The van der Waals surface area contributed by atoms with Crippen LogP contribution in [0.2, 0.25) is 0 Å². The minimum absolute atomic E-state index is 0.0819. The van der Waals surface area contributed by atoms with Gasteiger partial charge in [-0.3, -0.25) is 19.2 Å². The molecule has 36 heavy (non-hydrogen) atoms. The van der Waals surface area contributed by atoms with Gasteiger partial charge in [-0.1, -0.05) is 19.1 Å². The Morgan fingerprint density at radius 3 is 2.19 bits per heavy atom. The van der Waals surface area contributed by atoms with Gasteiger partial charge in [0.2, 0.25) is 0 Å². The van der Waals surface area contributed by atoms with Crippen LogP contribution in [0.4, 0.5) is 0 Å². The van der Waals surface area contributed by atoms with Crippen LogP contribution < -0.4 is 0 Å². The summed E-state index contributed by atoms with van der Waals surface area (Å²) in [5, 5.41) is 23.3. The van der Waals surface area contributed by atoms with E-state index in [1.807, 2.05) is 0 Å². The zero-order valence-corrected chi connectivity index (χ0v) is 21.6. The molecule has 2 N–H and O–H groups in total. The second kappa shape index (κ2) is 9.97. The van der Waals surface area contributed by atoms with Gasteiger partial charge in [-0.05, 0) is 38.3 Å². The van der Waals surface area contributed by atoms with E-state index in [0.29, 0.717) is 24.0 Å². The Labute approximate surface area is 210 Å². The summed E-state index contributed by atoms with van der Waals surface area (Å²) in [6.07, 6.45) is -3.62. The number of hydrogen-bond donors (Lipinski definition) is 2. The molecule has 200 valence electrons. The molecule has 0 amide bonds. The molecular formula is C26H36O10. The average molecular weight is 509 g/mol. The van der Waals surface area contributed by atoms with Crippen molar-refractivity contribution in [3.8, 4) is 0 Å². The summed E-state index contributed by atoms with van der Waals surface area (Å²) in [4.78, 5) is 49.5. The van der Waals surface area contributed by atoms with E-state index in [0.717, 1.165) is 0 Å². The first-order chi connectivity index (χ1) is 16.6. The predicted molar refractivity (Wildman–Crippen MR) is 125 cm³/mol. The lowest BCUT2D eigenvalue weighted by Crippen LogP contribution is -2.66. The Kier molecular flexibility index (Phi) is 7.72. The van der Waals surface area contributed by atoms with E-state index in [1.54, 1.807) is 13.8 Å². The van der Waals surface area contributed by atoms with Crippen LogP contribution >= 0.6 is 0 Å². The third-order valence-electron chi connectivity index (χ3n) is 8.02. The Bertz CT molecular complexity index is 985. The molecule has 0 bridgehead atoms. The van der Waals surface area contributed by atoms with Gasteiger partial charge < -0.3 is 29.2 Å². The highest BCUT2D eigenvalue weighted by molar-refractivity contribution is 5.78. The maximum absolute atomic E-state index is 12.7. The summed E-state index contributed by atoms with van der Waals surface area (Å²) in [5.41, 5.74) is -2.45. The lowest BCUT2D eigenvalue weighted by Gasteiger charge is -2.55. The quantitative estimate of drug-likeness (QED) is 0.328. The molecule has 2 fully saturated rings. The zero-order valence-electron chi connectivity index (χ0n) is 21.6. The highest BCUT2D eigenvalue weighted by Gasteiger charge is 2.67. The number of hydrogen-bond acceptors (Lipinski definition) is 10. The number of aliphatic hydroxyl groups excluding tert-OH is 1. The fraction of sp³-hybridized carbons (Fsp3) is 0.692. The monoisotopic (exact) mass is 508 g/mol. The van der Waals surface area contributed by atoms with Crippen LogP contribution in [0.25, 0.3) is 0 Å². The summed E-state index contributed by atoms with van der Waals surface area (Å²) in [6, 6.07) is 0. The number of carbonyl (C=O) groups is 4. The van der Waals surface area contributed by atoms with E-state index in [9.17, 15) is 29.4 Å². The molecule has 0 radical (unpaired) electrons. The number of esters is 4. The first-order valence-corrected chi connectivity index (χ1v) is 12.1. The van der Waals surface area contributed by atoms with Crippen molar-refractivity contribution < 1.29 is 48.3 Å². The van der Waals surface area contributed by atoms with E-state index in [4.69, 9.17) is 18.9 Å². The Morgan fingerprint density at radius 1 is 1.08 bits per heavy atom. The second-order valence-corrected chi connectivity index (χ2v) is 10.4. The molecule has 0 aromatic rings. The fourth-order valence-corrected chi connectivity index (χ4v) is 6.07. The van der Waals surface area contributed by atoms with Crippen LogP contribution in [-0.2, 0) is 38.1 Å². The first kappa shape index (κ1) is 27.9. The molecule has 1 saturated carbocycles. The fourth-order valence-electron chi connectivity index (χ4n) is 6.07. The van der Waals surface area contributed by atoms with E-state index in [1.165, 1.54) is 33.8 Å². The topological polar surface area (TPSA) is 146 Å². The molecule has 10 heteroatoms. The lowest BCUT2D eigenvalue weighted by atomic mass is 9.54. The Balaban J connectivity index is 2.37. The van der Waals surface area contributed by atoms with Gasteiger partial charge in [-0.15, -0.1) is 0 Å². The van der Waals surface area contributed by atoms with Gasteiger partial charge in [0, 0.05) is 33.1 Å². The maximum Gasteiger partial charge on any atom is 0.312 e. The standard InChI is InChI=1S/C26H36O10/c1-12-8-9-19(33-15(4)27)25(7)20(34-16(5)28)11-18(30)13(2)10-21-26(32,14(3)24(31)36-21)23(22(12)25)35-17(6)29/h10,14,18-23,30,32H,1,8-9,11H2,2-7H3/b13-10-/t14-,18+,19-,20+,21-,22+,23+,25+,26-/m0/s1. The largest absolute Gasteiger partial charge is 0.462 e. The number of fused-ring (bicyclic) bond motifs is 2. The highest BCUT2D eigenvalue weighted by Crippen LogP contribution is 2.56. The lowest BCUT2D eigenvalue weighted by molar-refractivity contribution is -0.221. The van der Waals surface area contributed by atoms with E-state index in [2.05, 4.69) is 6.58 Å². The van der Waals surface area contributed by atoms with Crippen LogP contribution in [0.15, 0.2) is 23.8 Å². The van der Waals surface area contributed by atoms with Gasteiger partial charge in [0.15, 0.2) is 11.7 Å². The molecule has 1 saturated heterocycles. The zero-order chi connectivity index (χ0) is 27.2. The van der Waals surface area contributed by atoms with Gasteiger partial charge in [-0.25, -0.2) is 0 Å². The van der Waals surface area contributed by atoms with E-state index < -0.39 is 77.2 Å². The van der Waals surface area contributed by atoms with Crippen molar-refractivity contribution in [2.75, 3.05) is 0 Å². The normalized spacial score (nSPS) is 42.1. The molecule has 2 aliphatic carbocycles. The molecule has 0 aromatic heterocycles. The van der Waals surface area contributed by atoms with Crippen LogP contribution in [0.5, 0.6) is 0 Å². The molecule has 0 aromatic carbocycles. The average Bonchev–Trinajstić information content (AvgIpc) is 2.97. The van der Waals surface area contributed by atoms with Crippen LogP contribution in [0.1, 0.15) is 60.8 Å². The predicted octanol–water partition coefficient (Wildman–Crippen LogP) is 1.76. The Hall–Kier alpha value is -2.72. The molecule has 10 nitrogen and oxygen atoms in total. The van der Waals surface area contributed by atoms with Crippen LogP contribution in [0.3, 0.4) is 0 Å². The van der Waals surface area contributed by atoms with Crippen molar-refractivity contribution in [3.05, 3.63) is 23.8 Å². The molecule has 9 atom stereocenters. The molecule has 1 heterocycles. The SMILES string of the molecule is C=C1CC[C@H](OC(C)=O)[C@@]2(C)[C@H]1[C@@H](OC(C)=O)[C@@]1(O)[C@H](/C=C(/C)[C@H](O)C[C@H]2OC(C)=O)OC(=O)[C@@H]1C. The van der Waals surface area contributed by atoms with Crippen molar-refractivity contribution in [3.63, 3.8) is 0 Å². The van der Waals surface area contributed by atoms with Gasteiger partial charge >= 0.3 is 23.9 Å². The minimum Gasteiger partial charge on any atom is -0.462 e. The number of carbonyl (C=O) groups excluding carboxylic acids is 4.